The lowest BCUT2D eigenvalue weighted by Gasteiger charge is -2.32. The SMILES string of the molecule is Cc1ccc(NC(=O)C2CCCN(C(=O)COc3ccc(F)cc3)C2)nc1. The van der Waals surface area contributed by atoms with Crippen molar-refractivity contribution in [2.45, 2.75) is 19.8 Å². The molecule has 1 atom stereocenters. The van der Waals surface area contributed by atoms with Crippen LogP contribution >= 0.6 is 0 Å². The predicted octanol–water partition coefficient (Wildman–Crippen LogP) is 2.79. The van der Waals surface area contributed by atoms with Crippen molar-refractivity contribution in [2.75, 3.05) is 25.0 Å². The van der Waals surface area contributed by atoms with Gasteiger partial charge in [0.1, 0.15) is 17.4 Å². The summed E-state index contributed by atoms with van der Waals surface area (Å²) in [7, 11) is 0. The lowest BCUT2D eigenvalue weighted by molar-refractivity contribution is -0.136. The molecule has 1 aliphatic rings. The van der Waals surface area contributed by atoms with Crippen LogP contribution in [0.4, 0.5) is 10.2 Å². The van der Waals surface area contributed by atoms with E-state index in [1.165, 1.54) is 24.3 Å². The molecule has 6 nitrogen and oxygen atoms in total. The van der Waals surface area contributed by atoms with E-state index in [9.17, 15) is 14.0 Å². The van der Waals surface area contributed by atoms with Crippen LogP contribution in [0.15, 0.2) is 42.6 Å². The van der Waals surface area contributed by atoms with E-state index in [0.29, 0.717) is 24.7 Å². The number of carbonyl (C=O) groups is 2. The summed E-state index contributed by atoms with van der Waals surface area (Å²) in [4.78, 5) is 30.7. The molecule has 1 N–H and O–H groups in total. The number of amides is 2. The minimum atomic E-state index is -0.360. The lowest BCUT2D eigenvalue weighted by atomic mass is 9.97. The Morgan fingerprint density at radius 2 is 2.04 bits per heavy atom. The first kappa shape index (κ1) is 18.8. The highest BCUT2D eigenvalue weighted by molar-refractivity contribution is 5.92. The van der Waals surface area contributed by atoms with Gasteiger partial charge in [0.05, 0.1) is 5.92 Å². The Balaban J connectivity index is 1.51. The molecule has 0 aliphatic carbocycles. The largest absolute Gasteiger partial charge is 0.484 e. The number of aryl methyl sites for hydroxylation is 1. The van der Waals surface area contributed by atoms with E-state index in [4.69, 9.17) is 4.74 Å². The van der Waals surface area contributed by atoms with Gasteiger partial charge in [-0.15, -0.1) is 0 Å². The standard InChI is InChI=1S/C20H22FN3O3/c1-14-4-9-18(22-11-14)23-20(26)15-3-2-10-24(12-15)19(25)13-27-17-7-5-16(21)6-8-17/h4-9,11,15H,2-3,10,12-13H2,1H3,(H,22,23,26). The first-order chi connectivity index (χ1) is 13.0. The number of piperidine rings is 1. The average Bonchev–Trinajstić information content (AvgIpc) is 2.69. The number of likely N-dealkylation sites (tertiary alicyclic amines) is 1. The van der Waals surface area contributed by atoms with Gasteiger partial charge in [-0.25, -0.2) is 9.37 Å². The van der Waals surface area contributed by atoms with Gasteiger partial charge in [-0.2, -0.15) is 0 Å². The summed E-state index contributed by atoms with van der Waals surface area (Å²) in [5.74, 6) is -0.0259. The van der Waals surface area contributed by atoms with Crippen molar-refractivity contribution in [3.8, 4) is 5.75 Å². The van der Waals surface area contributed by atoms with Gasteiger partial charge in [-0.1, -0.05) is 6.07 Å². The number of nitrogens with one attached hydrogen (secondary N) is 1. The third-order valence-corrected chi connectivity index (χ3v) is 4.48. The number of rotatable bonds is 5. The molecule has 1 unspecified atom stereocenters. The minimum Gasteiger partial charge on any atom is -0.484 e. The Hall–Kier alpha value is -2.96. The Kier molecular flexibility index (Phi) is 6.01. The van der Waals surface area contributed by atoms with Crippen LogP contribution in [0.5, 0.6) is 5.75 Å². The molecule has 142 valence electrons. The van der Waals surface area contributed by atoms with Crippen LogP contribution in [0.25, 0.3) is 0 Å². The average molecular weight is 371 g/mol. The summed E-state index contributed by atoms with van der Waals surface area (Å²) in [6, 6.07) is 9.15. The maximum absolute atomic E-state index is 12.9. The molecule has 27 heavy (non-hydrogen) atoms. The molecule has 1 aliphatic heterocycles. The molecule has 2 aromatic rings. The quantitative estimate of drug-likeness (QED) is 0.877. The van der Waals surface area contributed by atoms with Crippen LogP contribution in [-0.4, -0.2) is 41.4 Å². The summed E-state index contributed by atoms with van der Waals surface area (Å²) in [5, 5.41) is 2.81. The molecule has 1 aromatic heterocycles. The lowest BCUT2D eigenvalue weighted by Crippen LogP contribution is -2.45. The van der Waals surface area contributed by atoms with Gasteiger partial charge in [0, 0.05) is 19.3 Å². The molecule has 2 amide bonds. The highest BCUT2D eigenvalue weighted by Gasteiger charge is 2.28. The molecule has 7 heteroatoms. The molecule has 1 fully saturated rings. The molecule has 0 radical (unpaired) electrons. The van der Waals surface area contributed by atoms with Gasteiger partial charge < -0.3 is 15.0 Å². The molecule has 0 spiro atoms. The molecular formula is C20H22FN3O3. The smallest absolute Gasteiger partial charge is 0.260 e. The second-order valence-electron chi connectivity index (χ2n) is 6.63. The molecule has 0 saturated carbocycles. The van der Waals surface area contributed by atoms with Crippen molar-refractivity contribution in [3.05, 3.63) is 54.0 Å². The monoisotopic (exact) mass is 371 g/mol. The number of benzene rings is 1. The zero-order valence-corrected chi connectivity index (χ0v) is 15.2. The number of pyridine rings is 1. The van der Waals surface area contributed by atoms with Crippen LogP contribution in [0.2, 0.25) is 0 Å². The van der Waals surface area contributed by atoms with E-state index in [2.05, 4.69) is 10.3 Å². The zero-order valence-electron chi connectivity index (χ0n) is 15.2. The minimum absolute atomic E-state index is 0.136. The van der Waals surface area contributed by atoms with Gasteiger partial charge in [-0.05, 0) is 55.7 Å². The molecule has 3 rings (SSSR count). The number of aromatic nitrogens is 1. The van der Waals surface area contributed by atoms with E-state index in [1.54, 1.807) is 17.2 Å². The fourth-order valence-electron chi connectivity index (χ4n) is 2.95. The number of hydrogen-bond acceptors (Lipinski definition) is 4. The van der Waals surface area contributed by atoms with E-state index < -0.39 is 0 Å². The summed E-state index contributed by atoms with van der Waals surface area (Å²) < 4.78 is 18.3. The highest BCUT2D eigenvalue weighted by Crippen LogP contribution is 2.19. The van der Waals surface area contributed by atoms with Crippen LogP contribution in [0.1, 0.15) is 18.4 Å². The number of halogens is 1. The van der Waals surface area contributed by atoms with Gasteiger partial charge in [-0.3, -0.25) is 9.59 Å². The van der Waals surface area contributed by atoms with Crippen molar-refractivity contribution >= 4 is 17.6 Å². The molecule has 1 aromatic carbocycles. The van der Waals surface area contributed by atoms with Crippen molar-refractivity contribution in [1.29, 1.82) is 0 Å². The third-order valence-electron chi connectivity index (χ3n) is 4.48. The van der Waals surface area contributed by atoms with Crippen LogP contribution in [0.3, 0.4) is 0 Å². The first-order valence-electron chi connectivity index (χ1n) is 8.91. The van der Waals surface area contributed by atoms with Crippen molar-refractivity contribution in [2.24, 2.45) is 5.92 Å². The number of anilines is 1. The summed E-state index contributed by atoms with van der Waals surface area (Å²) in [5.41, 5.74) is 1.02. The Morgan fingerprint density at radius 1 is 1.26 bits per heavy atom. The van der Waals surface area contributed by atoms with Gasteiger partial charge >= 0.3 is 0 Å². The Labute approximate surface area is 157 Å². The fourth-order valence-corrected chi connectivity index (χ4v) is 2.95. The fraction of sp³-hybridized carbons (Fsp3) is 0.350. The maximum atomic E-state index is 12.9. The summed E-state index contributed by atoms with van der Waals surface area (Å²) in [6.07, 6.45) is 3.17. The third kappa shape index (κ3) is 5.26. The van der Waals surface area contributed by atoms with E-state index >= 15 is 0 Å². The number of nitrogens with zero attached hydrogens (tertiary/aromatic N) is 2. The van der Waals surface area contributed by atoms with Crippen molar-refractivity contribution in [1.82, 2.24) is 9.88 Å². The summed E-state index contributed by atoms with van der Waals surface area (Å²) >= 11 is 0. The number of hydrogen-bond donors (Lipinski definition) is 1. The maximum Gasteiger partial charge on any atom is 0.260 e. The van der Waals surface area contributed by atoms with E-state index in [-0.39, 0.29) is 30.2 Å². The van der Waals surface area contributed by atoms with Crippen LogP contribution in [0, 0.1) is 18.7 Å². The zero-order chi connectivity index (χ0) is 19.2. The number of ether oxygens (including phenoxy) is 1. The molecule has 2 heterocycles. The predicted molar refractivity (Wildman–Crippen MR) is 98.8 cm³/mol. The molecule has 1 saturated heterocycles. The first-order valence-corrected chi connectivity index (χ1v) is 8.91. The molecule has 0 bridgehead atoms. The van der Waals surface area contributed by atoms with Gasteiger partial charge in [0.2, 0.25) is 5.91 Å². The topological polar surface area (TPSA) is 71.5 Å². The second-order valence-corrected chi connectivity index (χ2v) is 6.63. The van der Waals surface area contributed by atoms with E-state index in [0.717, 1.165) is 18.4 Å². The van der Waals surface area contributed by atoms with Crippen LogP contribution in [-0.2, 0) is 9.59 Å². The van der Waals surface area contributed by atoms with E-state index in [1.807, 2.05) is 13.0 Å². The van der Waals surface area contributed by atoms with Crippen molar-refractivity contribution in [3.63, 3.8) is 0 Å². The van der Waals surface area contributed by atoms with Crippen molar-refractivity contribution < 1.29 is 18.7 Å². The van der Waals surface area contributed by atoms with Crippen LogP contribution < -0.4 is 10.1 Å². The van der Waals surface area contributed by atoms with Gasteiger partial charge in [0.15, 0.2) is 6.61 Å². The Morgan fingerprint density at radius 3 is 2.74 bits per heavy atom. The second kappa shape index (κ2) is 8.62. The summed E-state index contributed by atoms with van der Waals surface area (Å²) in [6.45, 7) is 2.73. The highest BCUT2D eigenvalue weighted by atomic mass is 19.1. The Bertz CT molecular complexity index is 793. The van der Waals surface area contributed by atoms with Gasteiger partial charge in [0.25, 0.3) is 5.91 Å². The number of carbonyl (C=O) groups excluding carboxylic acids is 2. The molecular weight excluding hydrogens is 349 g/mol. The normalized spacial score (nSPS) is 16.7.